The number of benzene rings is 2. The van der Waals surface area contributed by atoms with Crippen molar-refractivity contribution in [1.82, 2.24) is 4.90 Å². The van der Waals surface area contributed by atoms with Crippen molar-refractivity contribution in [1.29, 1.82) is 0 Å². The van der Waals surface area contributed by atoms with Gasteiger partial charge in [0.15, 0.2) is 5.78 Å². The molecule has 1 saturated heterocycles. The number of carbonyl (C=O) groups is 2. The Morgan fingerprint density at radius 1 is 1.10 bits per heavy atom. The van der Waals surface area contributed by atoms with Gasteiger partial charge in [-0.2, -0.15) is 0 Å². The minimum atomic E-state index is -0.00493. The molecule has 0 unspecified atom stereocenters. The fourth-order valence-corrected chi connectivity index (χ4v) is 3.97. The highest BCUT2D eigenvalue weighted by molar-refractivity contribution is 6.42. The van der Waals surface area contributed by atoms with Crippen molar-refractivity contribution in [2.45, 2.75) is 19.3 Å². The standard InChI is InChI=1S/C22H21Cl2NO4/c23-19-3-2-18(11-20(19)24)28-12-14-5-7-25(8-6-14)22(27)15-1-4-21-16(9-15)10-17(26)13-29-21/h1-4,9,11,14H,5-8,10,12-13H2. The highest BCUT2D eigenvalue weighted by Crippen LogP contribution is 2.28. The zero-order valence-electron chi connectivity index (χ0n) is 15.8. The number of fused-ring (bicyclic) bond motifs is 1. The van der Waals surface area contributed by atoms with Gasteiger partial charge in [0.25, 0.3) is 5.91 Å². The average molecular weight is 434 g/mol. The lowest BCUT2D eigenvalue weighted by molar-refractivity contribution is -0.121. The van der Waals surface area contributed by atoms with E-state index in [4.69, 9.17) is 32.7 Å². The first-order valence-corrected chi connectivity index (χ1v) is 10.4. The molecule has 2 heterocycles. The van der Waals surface area contributed by atoms with Crippen LogP contribution in [0, 0.1) is 5.92 Å². The quantitative estimate of drug-likeness (QED) is 0.715. The maximum atomic E-state index is 12.9. The van der Waals surface area contributed by atoms with Crippen molar-refractivity contribution in [3.8, 4) is 11.5 Å². The second-order valence-corrected chi connectivity index (χ2v) is 8.26. The Bertz CT molecular complexity index is 938. The smallest absolute Gasteiger partial charge is 0.253 e. The molecular formula is C22H21Cl2NO4. The van der Waals surface area contributed by atoms with E-state index in [1.54, 1.807) is 36.4 Å². The summed E-state index contributed by atoms with van der Waals surface area (Å²) < 4.78 is 11.2. The monoisotopic (exact) mass is 433 g/mol. The molecule has 1 fully saturated rings. The molecule has 5 nitrogen and oxygen atoms in total. The SMILES string of the molecule is O=C1COc2ccc(C(=O)N3CCC(COc4ccc(Cl)c(Cl)c4)CC3)cc2C1. The number of carbonyl (C=O) groups excluding carboxylic acids is 2. The van der Waals surface area contributed by atoms with Crippen LogP contribution in [-0.4, -0.2) is 42.9 Å². The van der Waals surface area contributed by atoms with Crippen molar-refractivity contribution in [2.24, 2.45) is 5.92 Å². The molecule has 0 bridgehead atoms. The molecule has 2 aliphatic rings. The van der Waals surface area contributed by atoms with Crippen molar-refractivity contribution in [3.05, 3.63) is 57.6 Å². The summed E-state index contributed by atoms with van der Waals surface area (Å²) in [6, 6.07) is 10.6. The van der Waals surface area contributed by atoms with Crippen LogP contribution < -0.4 is 9.47 Å². The van der Waals surface area contributed by atoms with Gasteiger partial charge in [-0.25, -0.2) is 0 Å². The number of likely N-dealkylation sites (tertiary alicyclic amines) is 1. The molecule has 0 aliphatic carbocycles. The van der Waals surface area contributed by atoms with Gasteiger partial charge in [-0.1, -0.05) is 23.2 Å². The number of piperidine rings is 1. The number of Topliss-reactive ketones (excluding diaryl/α,β-unsaturated/α-hetero) is 1. The van der Waals surface area contributed by atoms with Crippen LogP contribution >= 0.6 is 23.2 Å². The Kier molecular flexibility index (Phi) is 5.97. The number of ether oxygens (including phenoxy) is 2. The van der Waals surface area contributed by atoms with Crippen LogP contribution in [-0.2, 0) is 11.2 Å². The normalized spacial score (nSPS) is 16.9. The van der Waals surface area contributed by atoms with E-state index in [0.717, 1.165) is 18.4 Å². The molecule has 1 amide bonds. The maximum absolute atomic E-state index is 12.9. The third kappa shape index (κ3) is 4.68. The van der Waals surface area contributed by atoms with Gasteiger partial charge in [-0.3, -0.25) is 9.59 Å². The molecule has 0 spiro atoms. The molecule has 7 heteroatoms. The van der Waals surface area contributed by atoms with Gasteiger partial charge < -0.3 is 14.4 Å². The highest BCUT2D eigenvalue weighted by Gasteiger charge is 2.25. The average Bonchev–Trinajstić information content (AvgIpc) is 2.74. The Morgan fingerprint density at radius 2 is 1.90 bits per heavy atom. The number of hydrogen-bond acceptors (Lipinski definition) is 4. The molecule has 0 saturated carbocycles. The van der Waals surface area contributed by atoms with Gasteiger partial charge in [0.1, 0.15) is 18.1 Å². The summed E-state index contributed by atoms with van der Waals surface area (Å²) in [6.07, 6.45) is 2.07. The van der Waals surface area contributed by atoms with Crippen molar-refractivity contribution < 1.29 is 19.1 Å². The van der Waals surface area contributed by atoms with Gasteiger partial charge in [0, 0.05) is 36.7 Å². The molecule has 0 radical (unpaired) electrons. The van der Waals surface area contributed by atoms with Crippen LogP contribution in [0.5, 0.6) is 11.5 Å². The first-order chi connectivity index (χ1) is 14.0. The predicted octanol–water partition coefficient (Wildman–Crippen LogP) is 4.43. The van der Waals surface area contributed by atoms with Crippen molar-refractivity contribution >= 4 is 34.9 Å². The van der Waals surface area contributed by atoms with Gasteiger partial charge in [0.2, 0.25) is 0 Å². The molecule has 0 N–H and O–H groups in total. The van der Waals surface area contributed by atoms with Crippen molar-refractivity contribution in [3.63, 3.8) is 0 Å². The topological polar surface area (TPSA) is 55.8 Å². The summed E-state index contributed by atoms with van der Waals surface area (Å²) >= 11 is 11.9. The lowest BCUT2D eigenvalue weighted by Gasteiger charge is -2.32. The van der Waals surface area contributed by atoms with Crippen LogP contribution in [0.2, 0.25) is 10.0 Å². The van der Waals surface area contributed by atoms with Gasteiger partial charge >= 0.3 is 0 Å². The third-order valence-corrected chi connectivity index (χ3v) is 6.10. The second kappa shape index (κ2) is 8.64. The van der Waals surface area contributed by atoms with E-state index in [2.05, 4.69) is 0 Å². The molecule has 0 atom stereocenters. The van der Waals surface area contributed by atoms with Crippen LogP contribution in [0.4, 0.5) is 0 Å². The Balaban J connectivity index is 1.31. The fourth-order valence-electron chi connectivity index (χ4n) is 3.68. The number of hydrogen-bond donors (Lipinski definition) is 0. The lowest BCUT2D eigenvalue weighted by atomic mass is 9.96. The van der Waals surface area contributed by atoms with Crippen LogP contribution in [0.25, 0.3) is 0 Å². The highest BCUT2D eigenvalue weighted by atomic mass is 35.5. The van der Waals surface area contributed by atoms with Crippen LogP contribution in [0.15, 0.2) is 36.4 Å². The van der Waals surface area contributed by atoms with E-state index in [0.29, 0.717) is 59.1 Å². The minimum absolute atomic E-state index is 0.00493. The van der Waals surface area contributed by atoms with E-state index in [1.807, 2.05) is 4.90 Å². The summed E-state index contributed by atoms with van der Waals surface area (Å²) in [5.41, 5.74) is 1.39. The molecule has 0 aromatic heterocycles. The summed E-state index contributed by atoms with van der Waals surface area (Å²) in [6.45, 7) is 2.05. The number of amides is 1. The number of nitrogens with zero attached hydrogens (tertiary/aromatic N) is 1. The molecule has 2 aromatic rings. The second-order valence-electron chi connectivity index (χ2n) is 7.45. The molecule has 152 valence electrons. The van der Waals surface area contributed by atoms with Gasteiger partial charge in [0.05, 0.1) is 16.7 Å². The summed E-state index contributed by atoms with van der Waals surface area (Å²) in [4.78, 5) is 26.3. The molecular weight excluding hydrogens is 413 g/mol. The van der Waals surface area contributed by atoms with Gasteiger partial charge in [-0.15, -0.1) is 0 Å². The third-order valence-electron chi connectivity index (χ3n) is 5.36. The Hall–Kier alpha value is -2.24. The van der Waals surface area contributed by atoms with E-state index in [9.17, 15) is 9.59 Å². The van der Waals surface area contributed by atoms with E-state index in [1.165, 1.54) is 0 Å². The first-order valence-electron chi connectivity index (χ1n) is 9.64. The Labute approximate surface area is 179 Å². The predicted molar refractivity (Wildman–Crippen MR) is 111 cm³/mol. The minimum Gasteiger partial charge on any atom is -0.493 e. The zero-order chi connectivity index (χ0) is 20.4. The van der Waals surface area contributed by atoms with Crippen LogP contribution in [0.3, 0.4) is 0 Å². The largest absolute Gasteiger partial charge is 0.493 e. The number of ketones is 1. The van der Waals surface area contributed by atoms with Crippen molar-refractivity contribution in [2.75, 3.05) is 26.3 Å². The number of rotatable bonds is 4. The Morgan fingerprint density at radius 3 is 2.66 bits per heavy atom. The fraction of sp³-hybridized carbons (Fsp3) is 0.364. The summed E-state index contributed by atoms with van der Waals surface area (Å²) in [5.74, 6) is 1.80. The van der Waals surface area contributed by atoms with Crippen LogP contribution in [0.1, 0.15) is 28.8 Å². The maximum Gasteiger partial charge on any atom is 0.253 e. The summed E-state index contributed by atoms with van der Waals surface area (Å²) in [7, 11) is 0. The molecule has 2 aliphatic heterocycles. The lowest BCUT2D eigenvalue weighted by Crippen LogP contribution is -2.39. The molecule has 4 rings (SSSR count). The first kappa shape index (κ1) is 20.0. The van der Waals surface area contributed by atoms with E-state index in [-0.39, 0.29) is 18.3 Å². The molecule has 2 aromatic carbocycles. The summed E-state index contributed by atoms with van der Waals surface area (Å²) in [5, 5.41) is 0.977. The van der Waals surface area contributed by atoms with Gasteiger partial charge in [-0.05, 0) is 49.1 Å². The van der Waals surface area contributed by atoms with E-state index < -0.39 is 0 Å². The zero-order valence-corrected chi connectivity index (χ0v) is 17.3. The molecule has 29 heavy (non-hydrogen) atoms. The number of halogens is 2. The van der Waals surface area contributed by atoms with E-state index >= 15 is 0 Å².